The number of methoxy groups -OCH3 is 1. The number of nitrogens with one attached hydrogen (secondary N) is 1. The Morgan fingerprint density at radius 1 is 1.59 bits per heavy atom. The molecule has 1 aliphatic rings. The van der Waals surface area contributed by atoms with E-state index < -0.39 is 9.84 Å². The number of hydrogen-bond donors (Lipinski definition) is 1. The summed E-state index contributed by atoms with van der Waals surface area (Å²) >= 11 is 0. The summed E-state index contributed by atoms with van der Waals surface area (Å²) in [6.45, 7) is 0.693. The molecule has 0 aromatic carbocycles. The maximum Gasteiger partial charge on any atom is 0.240 e. The molecular weight excluding hydrogens is 246 g/mol. The average Bonchev–Trinajstić information content (AvgIpc) is 2.83. The van der Waals surface area contributed by atoms with Crippen molar-refractivity contribution in [3.05, 3.63) is 11.7 Å². The molecule has 1 fully saturated rings. The summed E-state index contributed by atoms with van der Waals surface area (Å²) in [6, 6.07) is -0.0159. The lowest BCUT2D eigenvalue weighted by molar-refractivity contribution is 0.174. The predicted molar refractivity (Wildman–Crippen MR) is 58.9 cm³/mol. The highest BCUT2D eigenvalue weighted by Gasteiger charge is 2.27. The molecule has 1 aromatic rings. The molecule has 0 saturated carbocycles. The van der Waals surface area contributed by atoms with E-state index >= 15 is 0 Å². The van der Waals surface area contributed by atoms with Gasteiger partial charge in [-0.15, -0.1) is 0 Å². The minimum Gasteiger partial charge on any atom is -0.377 e. The van der Waals surface area contributed by atoms with Crippen LogP contribution < -0.4 is 5.32 Å². The highest BCUT2D eigenvalue weighted by atomic mass is 32.2. The van der Waals surface area contributed by atoms with E-state index in [0.29, 0.717) is 31.3 Å². The topological polar surface area (TPSA) is 94.3 Å². The standard InChI is InChI=1S/C9H15N3O4S/c1-15-5-8-11-9(16-12-8)4-10-7-2-3-17(13,14)6-7/h7,10H,2-6H2,1H3. The van der Waals surface area contributed by atoms with E-state index in [0.717, 1.165) is 0 Å². The van der Waals surface area contributed by atoms with Gasteiger partial charge in [-0.2, -0.15) is 4.98 Å². The molecule has 7 nitrogen and oxygen atoms in total. The Morgan fingerprint density at radius 2 is 2.41 bits per heavy atom. The van der Waals surface area contributed by atoms with Crippen LogP contribution in [0.25, 0.3) is 0 Å². The Kier molecular flexibility index (Phi) is 3.75. The summed E-state index contributed by atoms with van der Waals surface area (Å²) in [6.07, 6.45) is 0.640. The van der Waals surface area contributed by atoms with E-state index in [-0.39, 0.29) is 17.5 Å². The summed E-state index contributed by atoms with van der Waals surface area (Å²) in [5.41, 5.74) is 0. The number of rotatable bonds is 5. The molecule has 0 bridgehead atoms. The van der Waals surface area contributed by atoms with Crippen LogP contribution in [0.4, 0.5) is 0 Å². The molecule has 1 N–H and O–H groups in total. The van der Waals surface area contributed by atoms with Crippen molar-refractivity contribution in [1.29, 1.82) is 0 Å². The van der Waals surface area contributed by atoms with Crippen molar-refractivity contribution in [2.45, 2.75) is 25.6 Å². The van der Waals surface area contributed by atoms with Crippen molar-refractivity contribution >= 4 is 9.84 Å². The third-order valence-electron chi connectivity index (χ3n) is 2.56. The second-order valence-corrected chi connectivity index (χ2v) is 6.25. The van der Waals surface area contributed by atoms with Crippen molar-refractivity contribution in [1.82, 2.24) is 15.5 Å². The van der Waals surface area contributed by atoms with Crippen molar-refractivity contribution in [2.24, 2.45) is 0 Å². The third-order valence-corrected chi connectivity index (χ3v) is 4.33. The van der Waals surface area contributed by atoms with Crippen LogP contribution in [0.5, 0.6) is 0 Å². The van der Waals surface area contributed by atoms with Crippen molar-refractivity contribution in [3.8, 4) is 0 Å². The number of aromatic nitrogens is 2. The van der Waals surface area contributed by atoms with Crippen LogP contribution in [0, 0.1) is 0 Å². The fourth-order valence-electron chi connectivity index (χ4n) is 1.74. The monoisotopic (exact) mass is 261 g/mol. The lowest BCUT2D eigenvalue weighted by atomic mass is 10.3. The van der Waals surface area contributed by atoms with Gasteiger partial charge in [-0.3, -0.25) is 0 Å². The van der Waals surface area contributed by atoms with Crippen LogP contribution in [-0.4, -0.2) is 43.2 Å². The molecule has 1 aromatic heterocycles. The van der Waals surface area contributed by atoms with Gasteiger partial charge in [-0.05, 0) is 6.42 Å². The largest absolute Gasteiger partial charge is 0.377 e. The molecule has 0 aliphatic carbocycles. The first kappa shape index (κ1) is 12.5. The lowest BCUT2D eigenvalue weighted by Crippen LogP contribution is -2.29. The number of ether oxygens (including phenoxy) is 1. The Labute approximate surface area is 99.5 Å². The molecule has 2 heterocycles. The first-order valence-corrected chi connectivity index (χ1v) is 7.15. The van der Waals surface area contributed by atoms with Crippen molar-refractivity contribution in [2.75, 3.05) is 18.6 Å². The van der Waals surface area contributed by atoms with E-state index in [1.165, 1.54) is 0 Å². The Morgan fingerprint density at radius 3 is 3.06 bits per heavy atom. The molecule has 0 radical (unpaired) electrons. The van der Waals surface area contributed by atoms with Crippen molar-refractivity contribution in [3.63, 3.8) is 0 Å². The van der Waals surface area contributed by atoms with Gasteiger partial charge in [0.25, 0.3) is 0 Å². The molecule has 2 rings (SSSR count). The van der Waals surface area contributed by atoms with Crippen LogP contribution in [0.1, 0.15) is 18.1 Å². The van der Waals surface area contributed by atoms with Crippen LogP contribution in [0.3, 0.4) is 0 Å². The molecule has 1 atom stereocenters. The molecule has 17 heavy (non-hydrogen) atoms. The summed E-state index contributed by atoms with van der Waals surface area (Å²) in [4.78, 5) is 4.08. The predicted octanol–water partition coefficient (Wildman–Crippen LogP) is -0.507. The molecule has 0 amide bonds. The van der Waals surface area contributed by atoms with Crippen molar-refractivity contribution < 1.29 is 17.7 Å². The number of hydrogen-bond acceptors (Lipinski definition) is 7. The van der Waals surface area contributed by atoms with Gasteiger partial charge >= 0.3 is 0 Å². The second-order valence-electron chi connectivity index (χ2n) is 4.02. The SMILES string of the molecule is COCc1noc(CNC2CCS(=O)(=O)C2)n1. The van der Waals surface area contributed by atoms with E-state index in [2.05, 4.69) is 15.5 Å². The van der Waals surface area contributed by atoms with Gasteiger partial charge in [0.2, 0.25) is 5.89 Å². The van der Waals surface area contributed by atoms with Gasteiger partial charge in [-0.1, -0.05) is 5.16 Å². The number of sulfone groups is 1. The van der Waals surface area contributed by atoms with Gasteiger partial charge < -0.3 is 14.6 Å². The van der Waals surface area contributed by atoms with Gasteiger partial charge in [-0.25, -0.2) is 8.42 Å². The smallest absolute Gasteiger partial charge is 0.240 e. The second kappa shape index (κ2) is 5.11. The molecule has 0 spiro atoms. The van der Waals surface area contributed by atoms with E-state index in [1.807, 2.05) is 0 Å². The molecule has 1 saturated heterocycles. The molecule has 96 valence electrons. The minimum atomic E-state index is -2.85. The van der Waals surface area contributed by atoms with Crippen LogP contribution >= 0.6 is 0 Å². The normalized spacial score (nSPS) is 23.0. The maximum atomic E-state index is 11.2. The number of nitrogens with zero attached hydrogens (tertiary/aromatic N) is 2. The zero-order valence-corrected chi connectivity index (χ0v) is 10.4. The Balaban J connectivity index is 1.82. The van der Waals surface area contributed by atoms with E-state index in [9.17, 15) is 8.42 Å². The van der Waals surface area contributed by atoms with Crippen LogP contribution in [-0.2, 0) is 27.7 Å². The zero-order valence-electron chi connectivity index (χ0n) is 9.55. The third kappa shape index (κ3) is 3.48. The zero-order chi connectivity index (χ0) is 12.3. The Hall–Kier alpha value is -0.990. The van der Waals surface area contributed by atoms with Gasteiger partial charge in [0.05, 0.1) is 18.1 Å². The summed E-state index contributed by atoms with van der Waals surface area (Å²) in [7, 11) is -1.30. The summed E-state index contributed by atoms with van der Waals surface area (Å²) in [5.74, 6) is 1.37. The van der Waals surface area contributed by atoms with Gasteiger partial charge in [0, 0.05) is 13.2 Å². The summed E-state index contributed by atoms with van der Waals surface area (Å²) in [5, 5.41) is 6.80. The van der Waals surface area contributed by atoms with E-state index in [4.69, 9.17) is 9.26 Å². The maximum absolute atomic E-state index is 11.2. The summed E-state index contributed by atoms with van der Waals surface area (Å²) < 4.78 is 32.3. The van der Waals surface area contributed by atoms with E-state index in [1.54, 1.807) is 7.11 Å². The highest BCUT2D eigenvalue weighted by Crippen LogP contribution is 2.11. The van der Waals surface area contributed by atoms with Gasteiger partial charge in [0.15, 0.2) is 15.7 Å². The lowest BCUT2D eigenvalue weighted by Gasteiger charge is -2.06. The fourth-order valence-corrected chi connectivity index (χ4v) is 3.45. The van der Waals surface area contributed by atoms with Crippen LogP contribution in [0.15, 0.2) is 4.52 Å². The fraction of sp³-hybridized carbons (Fsp3) is 0.778. The molecule has 1 unspecified atom stereocenters. The quantitative estimate of drug-likeness (QED) is 0.763. The minimum absolute atomic E-state index is 0.0159. The average molecular weight is 261 g/mol. The molecular formula is C9H15N3O4S. The first-order valence-electron chi connectivity index (χ1n) is 5.33. The Bertz CT molecular complexity index is 470. The molecule has 8 heteroatoms. The van der Waals surface area contributed by atoms with Crippen LogP contribution in [0.2, 0.25) is 0 Å². The van der Waals surface area contributed by atoms with Gasteiger partial charge in [0.1, 0.15) is 6.61 Å². The highest BCUT2D eigenvalue weighted by molar-refractivity contribution is 7.91. The molecule has 1 aliphatic heterocycles. The first-order chi connectivity index (χ1) is 8.09.